The number of rotatable bonds is 4. The Morgan fingerprint density at radius 1 is 1.15 bits per heavy atom. The Labute approximate surface area is 192 Å². The minimum atomic E-state index is -4.68. The summed E-state index contributed by atoms with van der Waals surface area (Å²) in [4.78, 5) is 37.3. The highest BCUT2D eigenvalue weighted by atomic mass is 19.4. The van der Waals surface area contributed by atoms with Gasteiger partial charge in [-0.3, -0.25) is 14.7 Å². The molecule has 0 aromatic carbocycles. The fourth-order valence-electron chi connectivity index (χ4n) is 3.98. The Balaban J connectivity index is 1.45. The number of hydrogen-bond acceptors (Lipinski definition) is 6. The van der Waals surface area contributed by atoms with Gasteiger partial charge in [0.25, 0.3) is 0 Å². The first kappa shape index (κ1) is 23.8. The summed E-state index contributed by atoms with van der Waals surface area (Å²) < 4.78 is 57.7. The summed E-state index contributed by atoms with van der Waals surface area (Å²) in [6.07, 6.45) is -1.61. The van der Waals surface area contributed by atoms with Crippen LogP contribution in [0.2, 0.25) is 0 Å². The molecule has 1 unspecified atom stereocenters. The highest BCUT2D eigenvalue weighted by molar-refractivity contribution is 5.87. The van der Waals surface area contributed by atoms with Crippen LogP contribution in [0.25, 0.3) is 11.3 Å². The van der Waals surface area contributed by atoms with Gasteiger partial charge in [0.1, 0.15) is 17.5 Å². The van der Waals surface area contributed by atoms with Crippen LogP contribution in [0.3, 0.4) is 0 Å². The predicted octanol–water partition coefficient (Wildman–Crippen LogP) is 3.57. The molecule has 34 heavy (non-hydrogen) atoms. The number of nitrogens with zero attached hydrogens (tertiary/aromatic N) is 4. The maximum absolute atomic E-state index is 14.3. The molecule has 1 saturated heterocycles. The molecule has 2 aromatic heterocycles. The van der Waals surface area contributed by atoms with Crippen molar-refractivity contribution in [2.24, 2.45) is 11.8 Å². The first-order valence-corrected chi connectivity index (χ1v) is 10.6. The van der Waals surface area contributed by atoms with Crippen LogP contribution in [0.4, 0.5) is 22.4 Å². The monoisotopic (exact) mass is 481 g/mol. The highest BCUT2D eigenvalue weighted by Gasteiger charge is 2.57. The van der Waals surface area contributed by atoms with Gasteiger partial charge in [0.15, 0.2) is 0 Å². The van der Waals surface area contributed by atoms with Crippen LogP contribution in [0.15, 0.2) is 24.7 Å². The number of ether oxygens (including phenoxy) is 1. The maximum Gasteiger partial charge on any atom is 0.451 e. The van der Waals surface area contributed by atoms with E-state index in [9.17, 15) is 27.2 Å². The first-order chi connectivity index (χ1) is 15.8. The molecule has 2 aliphatic rings. The Morgan fingerprint density at radius 2 is 1.82 bits per heavy atom. The standard InChI is InChI=1S/C22H23F4N5O3/c1-21(2,3)34-20(33)31-10-12-4-14(12)17(31)18(32)28-6-11-5-16(27-9-15(11)23)13-7-29-19(30-8-13)22(24,25)26/h5,7-9,12,14,17H,4,6,10H2,1-3H3,(H,28,32)/t12-,14-,17?/m0/s1. The van der Waals surface area contributed by atoms with Gasteiger partial charge in [-0.2, -0.15) is 13.2 Å². The highest BCUT2D eigenvalue weighted by Crippen LogP contribution is 2.50. The largest absolute Gasteiger partial charge is 0.451 e. The van der Waals surface area contributed by atoms with E-state index in [0.717, 1.165) is 25.0 Å². The van der Waals surface area contributed by atoms with Gasteiger partial charge >= 0.3 is 12.3 Å². The molecule has 2 fully saturated rings. The minimum Gasteiger partial charge on any atom is -0.444 e. The number of halogens is 4. The van der Waals surface area contributed by atoms with Crippen LogP contribution in [-0.4, -0.2) is 50.0 Å². The van der Waals surface area contributed by atoms with E-state index in [1.807, 2.05) is 0 Å². The second-order valence-corrected chi connectivity index (χ2v) is 9.41. The van der Waals surface area contributed by atoms with Crippen molar-refractivity contribution in [1.29, 1.82) is 0 Å². The third kappa shape index (κ3) is 5.10. The van der Waals surface area contributed by atoms with Crippen LogP contribution < -0.4 is 5.32 Å². The van der Waals surface area contributed by atoms with E-state index in [1.165, 1.54) is 11.0 Å². The third-order valence-electron chi connectivity index (χ3n) is 5.64. The number of carbonyl (C=O) groups excluding carboxylic acids is 2. The van der Waals surface area contributed by atoms with Gasteiger partial charge in [0, 0.05) is 36.6 Å². The second kappa shape index (κ2) is 8.48. The van der Waals surface area contributed by atoms with Crippen LogP contribution in [0.5, 0.6) is 0 Å². The molecule has 3 atom stereocenters. The molecule has 1 saturated carbocycles. The molecular formula is C22H23F4N5O3. The van der Waals surface area contributed by atoms with Gasteiger partial charge in [0.05, 0.1) is 11.9 Å². The van der Waals surface area contributed by atoms with E-state index < -0.39 is 41.5 Å². The van der Waals surface area contributed by atoms with Gasteiger partial charge < -0.3 is 10.1 Å². The fraction of sp³-hybridized carbons (Fsp3) is 0.500. The van der Waals surface area contributed by atoms with E-state index in [-0.39, 0.29) is 35.2 Å². The molecule has 2 amide bonds. The van der Waals surface area contributed by atoms with Crippen molar-refractivity contribution in [3.05, 3.63) is 41.9 Å². The molecule has 4 rings (SSSR count). The van der Waals surface area contributed by atoms with Gasteiger partial charge in [-0.25, -0.2) is 19.2 Å². The van der Waals surface area contributed by atoms with Crippen molar-refractivity contribution >= 4 is 12.0 Å². The molecule has 0 spiro atoms. The van der Waals surface area contributed by atoms with Crippen molar-refractivity contribution in [3.63, 3.8) is 0 Å². The van der Waals surface area contributed by atoms with E-state index in [4.69, 9.17) is 4.74 Å². The SMILES string of the molecule is CC(C)(C)OC(=O)N1C[C@@H]2C[C@@H]2C1C(=O)NCc1cc(-c2cnc(C(F)(F)F)nc2)ncc1F. The van der Waals surface area contributed by atoms with Crippen molar-refractivity contribution < 1.29 is 31.9 Å². The number of carbonyl (C=O) groups is 2. The lowest BCUT2D eigenvalue weighted by atomic mass is 10.1. The molecule has 0 radical (unpaired) electrons. The minimum absolute atomic E-state index is 0.0367. The third-order valence-corrected chi connectivity index (χ3v) is 5.64. The van der Waals surface area contributed by atoms with E-state index in [0.29, 0.717) is 6.54 Å². The van der Waals surface area contributed by atoms with E-state index in [2.05, 4.69) is 20.3 Å². The summed E-state index contributed by atoms with van der Waals surface area (Å²) in [6.45, 7) is 5.45. The maximum atomic E-state index is 14.3. The molecule has 1 aliphatic heterocycles. The number of aromatic nitrogens is 3. The topological polar surface area (TPSA) is 97.3 Å². The zero-order valence-electron chi connectivity index (χ0n) is 18.7. The van der Waals surface area contributed by atoms with Crippen molar-refractivity contribution in [1.82, 2.24) is 25.2 Å². The van der Waals surface area contributed by atoms with Crippen molar-refractivity contribution in [3.8, 4) is 11.3 Å². The average molecular weight is 481 g/mol. The first-order valence-electron chi connectivity index (χ1n) is 10.6. The zero-order valence-corrected chi connectivity index (χ0v) is 18.7. The molecule has 8 nitrogen and oxygen atoms in total. The fourth-order valence-corrected chi connectivity index (χ4v) is 3.98. The van der Waals surface area contributed by atoms with E-state index in [1.54, 1.807) is 20.8 Å². The molecule has 3 heterocycles. The summed E-state index contributed by atoms with van der Waals surface area (Å²) >= 11 is 0. The number of hydrogen-bond donors (Lipinski definition) is 1. The number of nitrogens with one attached hydrogen (secondary N) is 1. The molecule has 182 valence electrons. The summed E-state index contributed by atoms with van der Waals surface area (Å²) in [6, 6.07) is 0.606. The molecule has 0 bridgehead atoms. The lowest BCUT2D eigenvalue weighted by Gasteiger charge is -2.29. The zero-order chi connectivity index (χ0) is 24.8. The summed E-state index contributed by atoms with van der Waals surface area (Å²) in [5.41, 5.74) is -0.317. The number of fused-ring (bicyclic) bond motifs is 1. The quantitative estimate of drug-likeness (QED) is 0.671. The normalized spacial score (nSPS) is 21.7. The average Bonchev–Trinajstić information content (AvgIpc) is 3.40. The Bertz CT molecular complexity index is 1100. The lowest BCUT2D eigenvalue weighted by molar-refractivity contribution is -0.145. The van der Waals surface area contributed by atoms with Crippen LogP contribution in [-0.2, 0) is 22.3 Å². The summed E-state index contributed by atoms with van der Waals surface area (Å²) in [7, 11) is 0. The van der Waals surface area contributed by atoms with Gasteiger partial charge in [-0.15, -0.1) is 0 Å². The Morgan fingerprint density at radius 3 is 2.44 bits per heavy atom. The van der Waals surface area contributed by atoms with Crippen LogP contribution in [0.1, 0.15) is 38.6 Å². The molecule has 1 N–H and O–H groups in total. The predicted molar refractivity (Wildman–Crippen MR) is 110 cm³/mol. The summed E-state index contributed by atoms with van der Waals surface area (Å²) in [5, 5.41) is 2.66. The van der Waals surface area contributed by atoms with Crippen molar-refractivity contribution in [2.75, 3.05) is 6.54 Å². The van der Waals surface area contributed by atoms with Crippen LogP contribution >= 0.6 is 0 Å². The van der Waals surface area contributed by atoms with Gasteiger partial charge in [-0.05, 0) is 45.1 Å². The lowest BCUT2D eigenvalue weighted by Crippen LogP contribution is -2.49. The van der Waals surface area contributed by atoms with Crippen LogP contribution in [0, 0.1) is 17.7 Å². The van der Waals surface area contributed by atoms with Gasteiger partial charge in [-0.1, -0.05) is 0 Å². The number of piperidine rings is 1. The molecule has 12 heteroatoms. The van der Waals surface area contributed by atoms with E-state index >= 15 is 0 Å². The van der Waals surface area contributed by atoms with Gasteiger partial charge in [0.2, 0.25) is 11.7 Å². The van der Waals surface area contributed by atoms with Crippen molar-refractivity contribution in [2.45, 2.75) is 51.6 Å². The Kier molecular flexibility index (Phi) is 5.94. The molecular weight excluding hydrogens is 458 g/mol. The smallest absolute Gasteiger partial charge is 0.444 e. The second-order valence-electron chi connectivity index (χ2n) is 9.41. The number of alkyl halides is 3. The Hall–Kier alpha value is -3.31. The number of pyridine rings is 1. The molecule has 1 aliphatic carbocycles. The number of likely N-dealkylation sites (tertiary alicyclic amines) is 1. The number of amides is 2. The summed E-state index contributed by atoms with van der Waals surface area (Å²) in [5.74, 6) is -2.14. The molecule has 2 aromatic rings.